The number of ether oxygens (including phenoxy) is 1. The normalized spacial score (nSPS) is 14.8. The van der Waals surface area contributed by atoms with E-state index in [4.69, 9.17) is 4.74 Å². The summed E-state index contributed by atoms with van der Waals surface area (Å²) in [6, 6.07) is 10.7. The van der Waals surface area contributed by atoms with E-state index >= 15 is 0 Å². The summed E-state index contributed by atoms with van der Waals surface area (Å²) < 4.78 is 47.0. The van der Waals surface area contributed by atoms with Crippen LogP contribution in [0.2, 0.25) is 0 Å². The Bertz CT molecular complexity index is 1240. The molecule has 0 atom stereocenters. The second-order valence-electron chi connectivity index (χ2n) is 7.29. The molecule has 1 fully saturated rings. The van der Waals surface area contributed by atoms with Crippen molar-refractivity contribution >= 4 is 33.0 Å². The Balaban J connectivity index is 1.58. The highest BCUT2D eigenvalue weighted by molar-refractivity contribution is 7.89. The van der Waals surface area contributed by atoms with Gasteiger partial charge in [0.05, 0.1) is 13.3 Å². The number of hydrogen-bond donors (Lipinski definition) is 1. The maximum absolute atomic E-state index is 14.0. The van der Waals surface area contributed by atoms with E-state index in [1.807, 2.05) is 0 Å². The zero-order valence-corrected chi connectivity index (χ0v) is 19.0. The van der Waals surface area contributed by atoms with E-state index in [2.05, 4.69) is 10.3 Å². The molecule has 168 valence electrons. The number of rotatable bonds is 6. The molecular formula is C22H22FN3O4S2. The fraction of sp³-hybridized carbons (Fsp3) is 0.273. The van der Waals surface area contributed by atoms with Crippen molar-refractivity contribution in [1.82, 2.24) is 9.29 Å². The summed E-state index contributed by atoms with van der Waals surface area (Å²) in [6.45, 7) is 0.920. The molecule has 0 aliphatic carbocycles. The highest BCUT2D eigenvalue weighted by Gasteiger charge is 2.29. The monoisotopic (exact) mass is 475 g/mol. The fourth-order valence-corrected chi connectivity index (χ4v) is 6.07. The number of thiazole rings is 1. The number of piperidine rings is 1. The summed E-state index contributed by atoms with van der Waals surface area (Å²) in [7, 11) is -2.35. The average molecular weight is 476 g/mol. The molecule has 32 heavy (non-hydrogen) atoms. The van der Waals surface area contributed by atoms with Gasteiger partial charge in [-0.1, -0.05) is 18.6 Å². The second-order valence-corrected chi connectivity index (χ2v) is 10.2. The molecule has 2 aromatic carbocycles. The van der Waals surface area contributed by atoms with Gasteiger partial charge >= 0.3 is 0 Å². The van der Waals surface area contributed by atoms with Gasteiger partial charge < -0.3 is 10.1 Å². The highest BCUT2D eigenvalue weighted by atomic mass is 32.2. The van der Waals surface area contributed by atoms with Gasteiger partial charge in [-0.2, -0.15) is 4.31 Å². The molecule has 3 aromatic rings. The first kappa shape index (κ1) is 22.4. The lowest BCUT2D eigenvalue weighted by Crippen LogP contribution is -2.35. The number of nitrogens with zero attached hydrogens (tertiary/aromatic N) is 2. The van der Waals surface area contributed by atoms with Gasteiger partial charge in [-0.25, -0.2) is 17.8 Å². The van der Waals surface area contributed by atoms with Crippen molar-refractivity contribution in [1.29, 1.82) is 0 Å². The number of methoxy groups -OCH3 is 1. The Morgan fingerprint density at radius 3 is 2.62 bits per heavy atom. The molecule has 1 N–H and O–H groups in total. The first-order chi connectivity index (χ1) is 15.4. The predicted molar refractivity (Wildman–Crippen MR) is 121 cm³/mol. The minimum Gasteiger partial charge on any atom is -0.495 e. The third-order valence-corrected chi connectivity index (χ3v) is 8.14. The van der Waals surface area contributed by atoms with Crippen molar-refractivity contribution in [2.45, 2.75) is 24.2 Å². The van der Waals surface area contributed by atoms with Crippen molar-refractivity contribution in [3.8, 4) is 16.3 Å². The van der Waals surface area contributed by atoms with E-state index in [9.17, 15) is 17.6 Å². The number of carbonyl (C=O) groups excluding carboxylic acids is 1. The predicted octanol–water partition coefficient (Wildman–Crippen LogP) is 4.38. The van der Waals surface area contributed by atoms with Gasteiger partial charge in [0.15, 0.2) is 0 Å². The third-order valence-electron chi connectivity index (χ3n) is 5.19. The molecule has 10 heteroatoms. The van der Waals surface area contributed by atoms with Crippen LogP contribution in [0.4, 0.5) is 10.1 Å². The fourth-order valence-electron chi connectivity index (χ4n) is 3.53. The zero-order chi connectivity index (χ0) is 22.7. The van der Waals surface area contributed by atoms with Gasteiger partial charge in [-0.3, -0.25) is 4.79 Å². The van der Waals surface area contributed by atoms with Gasteiger partial charge in [0.2, 0.25) is 10.0 Å². The molecule has 0 spiro atoms. The van der Waals surface area contributed by atoms with E-state index in [1.54, 1.807) is 24.3 Å². The van der Waals surface area contributed by atoms with Crippen molar-refractivity contribution in [2.75, 3.05) is 25.5 Å². The van der Waals surface area contributed by atoms with E-state index < -0.39 is 21.7 Å². The summed E-state index contributed by atoms with van der Waals surface area (Å²) in [6.07, 6.45) is 4.00. The lowest BCUT2D eigenvalue weighted by atomic mass is 10.2. The second kappa shape index (κ2) is 9.35. The van der Waals surface area contributed by atoms with Crippen LogP contribution >= 0.6 is 11.3 Å². The van der Waals surface area contributed by atoms with Crippen molar-refractivity contribution in [2.24, 2.45) is 0 Å². The van der Waals surface area contributed by atoms with Gasteiger partial charge in [-0.15, -0.1) is 11.3 Å². The molecular weight excluding hydrogens is 453 g/mol. The number of carbonyl (C=O) groups is 1. The van der Waals surface area contributed by atoms with Crippen LogP contribution in [-0.2, 0) is 10.0 Å². The van der Waals surface area contributed by atoms with Crippen LogP contribution in [0.25, 0.3) is 10.6 Å². The number of sulfonamides is 1. The SMILES string of the molecule is COc1ccc(NC(=O)c2cnc(-c3ccccc3F)s2)cc1S(=O)(=O)N1CCCCC1. The Kier molecular flexibility index (Phi) is 6.54. The summed E-state index contributed by atoms with van der Waals surface area (Å²) in [4.78, 5) is 17.2. The molecule has 0 unspecified atom stereocenters. The maximum Gasteiger partial charge on any atom is 0.267 e. The average Bonchev–Trinajstić information content (AvgIpc) is 3.30. The molecule has 1 aromatic heterocycles. The number of nitrogens with one attached hydrogen (secondary N) is 1. The number of anilines is 1. The van der Waals surface area contributed by atoms with E-state index in [1.165, 1.54) is 35.8 Å². The molecule has 0 radical (unpaired) electrons. The Hall–Kier alpha value is -2.82. The van der Waals surface area contributed by atoms with Gasteiger partial charge in [0, 0.05) is 24.3 Å². The Morgan fingerprint density at radius 1 is 1.16 bits per heavy atom. The number of amides is 1. The van der Waals surface area contributed by atoms with Crippen LogP contribution in [0, 0.1) is 5.82 Å². The van der Waals surface area contributed by atoms with Gasteiger partial charge in [0.1, 0.15) is 26.3 Å². The highest BCUT2D eigenvalue weighted by Crippen LogP contribution is 2.32. The molecule has 1 aliphatic heterocycles. The first-order valence-electron chi connectivity index (χ1n) is 10.1. The minimum absolute atomic E-state index is 0.0102. The Morgan fingerprint density at radius 2 is 1.91 bits per heavy atom. The number of benzene rings is 2. The topological polar surface area (TPSA) is 88.6 Å². The maximum atomic E-state index is 14.0. The standard InChI is InChI=1S/C22H22FN3O4S2/c1-30-18-10-9-15(13-20(18)32(28,29)26-11-5-2-6-12-26)25-21(27)19-14-24-22(31-19)16-7-3-4-8-17(16)23/h3-4,7-10,13-14H,2,5-6,11-12H2,1H3,(H,25,27). The third kappa shape index (κ3) is 4.52. The lowest BCUT2D eigenvalue weighted by Gasteiger charge is -2.26. The van der Waals surface area contributed by atoms with Gasteiger partial charge in [-0.05, 0) is 43.2 Å². The van der Waals surface area contributed by atoms with Crippen molar-refractivity contribution in [3.05, 3.63) is 59.4 Å². The molecule has 0 saturated carbocycles. The Labute approximate surface area is 189 Å². The molecule has 1 aliphatic rings. The number of hydrogen-bond acceptors (Lipinski definition) is 6. The molecule has 2 heterocycles. The van der Waals surface area contributed by atoms with Crippen LogP contribution in [-0.4, -0.2) is 43.8 Å². The van der Waals surface area contributed by atoms with Crippen molar-refractivity contribution in [3.63, 3.8) is 0 Å². The van der Waals surface area contributed by atoms with Crippen LogP contribution in [0.15, 0.2) is 53.6 Å². The lowest BCUT2D eigenvalue weighted by molar-refractivity contribution is 0.103. The first-order valence-corrected chi connectivity index (χ1v) is 12.4. The van der Waals surface area contributed by atoms with E-state index in [0.717, 1.165) is 30.6 Å². The number of aromatic nitrogens is 1. The van der Waals surface area contributed by atoms with E-state index in [0.29, 0.717) is 29.3 Å². The largest absolute Gasteiger partial charge is 0.495 e. The summed E-state index contributed by atoms with van der Waals surface area (Å²) >= 11 is 1.05. The van der Waals surface area contributed by atoms with Crippen LogP contribution < -0.4 is 10.1 Å². The van der Waals surface area contributed by atoms with Crippen LogP contribution in [0.5, 0.6) is 5.75 Å². The van der Waals surface area contributed by atoms with Gasteiger partial charge in [0.25, 0.3) is 5.91 Å². The summed E-state index contributed by atoms with van der Waals surface area (Å²) in [5.41, 5.74) is 0.628. The molecule has 1 amide bonds. The number of halogens is 1. The van der Waals surface area contributed by atoms with E-state index in [-0.39, 0.29) is 15.5 Å². The van der Waals surface area contributed by atoms with Crippen molar-refractivity contribution < 1.29 is 22.3 Å². The minimum atomic E-state index is -3.76. The van der Waals surface area contributed by atoms with Crippen LogP contribution in [0.3, 0.4) is 0 Å². The smallest absolute Gasteiger partial charge is 0.267 e. The summed E-state index contributed by atoms with van der Waals surface area (Å²) in [5.74, 6) is -0.665. The molecule has 7 nitrogen and oxygen atoms in total. The molecule has 4 rings (SSSR count). The molecule has 0 bridgehead atoms. The van der Waals surface area contributed by atoms with Crippen LogP contribution in [0.1, 0.15) is 28.9 Å². The summed E-state index contributed by atoms with van der Waals surface area (Å²) in [5, 5.41) is 3.09. The quantitative estimate of drug-likeness (QED) is 0.571. The zero-order valence-electron chi connectivity index (χ0n) is 17.4. The molecule has 1 saturated heterocycles.